The van der Waals surface area contributed by atoms with Gasteiger partial charge in [-0.05, 0) is 25.7 Å². The lowest BCUT2D eigenvalue weighted by molar-refractivity contribution is 0.603. The van der Waals surface area contributed by atoms with Crippen LogP contribution >= 0.6 is 0 Å². The van der Waals surface area contributed by atoms with E-state index >= 15 is 0 Å². The lowest BCUT2D eigenvalue weighted by Crippen LogP contribution is -2.17. The third-order valence-corrected chi connectivity index (χ3v) is 3.82. The molecule has 0 aromatic carbocycles. The van der Waals surface area contributed by atoms with Crippen molar-refractivity contribution >= 4 is 8.07 Å². The van der Waals surface area contributed by atoms with Gasteiger partial charge in [-0.15, -0.1) is 10.6 Å². The fourth-order valence-corrected chi connectivity index (χ4v) is 2.47. The second-order valence-electron chi connectivity index (χ2n) is 5.80. The highest BCUT2D eigenvalue weighted by molar-refractivity contribution is 6.83. The molecule has 4 heteroatoms. The Bertz CT molecular complexity index is 445. The van der Waals surface area contributed by atoms with Crippen LogP contribution in [0, 0.1) is 11.6 Å². The molecule has 0 N–H and O–H groups in total. The summed E-state index contributed by atoms with van der Waals surface area (Å²) < 4.78 is 1.83. The van der Waals surface area contributed by atoms with Crippen molar-refractivity contribution in [1.82, 2.24) is 15.0 Å². The second-order valence-corrected chi connectivity index (χ2v) is 10.5. The van der Waals surface area contributed by atoms with Crippen molar-refractivity contribution in [1.29, 1.82) is 0 Å². The molecule has 0 atom stereocenters. The third-order valence-electron chi connectivity index (χ3n) is 2.96. The summed E-state index contributed by atoms with van der Waals surface area (Å²) in [6, 6.07) is 3.20. The van der Waals surface area contributed by atoms with Gasteiger partial charge in [0.25, 0.3) is 0 Å². The van der Waals surface area contributed by atoms with Gasteiger partial charge in [-0.2, -0.15) is 4.68 Å². The summed E-state index contributed by atoms with van der Waals surface area (Å²) in [7, 11) is -1.33. The topological polar surface area (TPSA) is 30.7 Å². The van der Waals surface area contributed by atoms with Gasteiger partial charge in [0.05, 0.1) is 11.4 Å². The Kier molecular flexibility index (Phi) is 3.68. The van der Waals surface area contributed by atoms with Gasteiger partial charge in [-0.25, -0.2) is 0 Å². The van der Waals surface area contributed by atoms with E-state index in [1.807, 2.05) is 4.68 Å². The molecule has 0 fully saturated rings. The summed E-state index contributed by atoms with van der Waals surface area (Å²) in [5, 5.41) is 8.48. The molecule has 0 amide bonds. The molecule has 0 aliphatic heterocycles. The van der Waals surface area contributed by atoms with Crippen LogP contribution in [-0.2, 0) is 12.8 Å². The normalized spacial score (nSPS) is 16.4. The van der Waals surface area contributed by atoms with Crippen molar-refractivity contribution in [2.24, 2.45) is 0 Å². The van der Waals surface area contributed by atoms with Crippen LogP contribution in [0.1, 0.15) is 37.1 Å². The maximum atomic E-state index is 4.28. The van der Waals surface area contributed by atoms with Crippen molar-refractivity contribution < 1.29 is 0 Å². The average Bonchev–Trinajstić information content (AvgIpc) is 2.55. The average molecular weight is 247 g/mol. The van der Waals surface area contributed by atoms with Crippen molar-refractivity contribution in [3.63, 3.8) is 0 Å². The van der Waals surface area contributed by atoms with Gasteiger partial charge in [-0.1, -0.05) is 37.7 Å². The molecule has 1 aliphatic carbocycles. The molecule has 1 heterocycles. The van der Waals surface area contributed by atoms with Gasteiger partial charge in [-0.3, -0.25) is 0 Å². The predicted octanol–water partition coefficient (Wildman–Crippen LogP) is 2.62. The maximum Gasteiger partial charge on any atom is 0.131 e. The number of aromatic nitrogens is 3. The summed E-state index contributed by atoms with van der Waals surface area (Å²) in [6.07, 6.45) is 7.30. The molecule has 0 radical (unpaired) electrons. The Hall–Kier alpha value is -1.08. The number of rotatable bonds is 0. The highest BCUT2D eigenvalue weighted by Gasteiger charge is 2.14. The summed E-state index contributed by atoms with van der Waals surface area (Å²) in [4.78, 5) is 0. The van der Waals surface area contributed by atoms with Crippen LogP contribution in [-0.4, -0.2) is 23.1 Å². The first-order valence-corrected chi connectivity index (χ1v) is 10.0. The predicted molar refractivity (Wildman–Crippen MR) is 72.4 cm³/mol. The molecule has 92 valence electrons. The second kappa shape index (κ2) is 5.05. The Balaban J connectivity index is 2.26. The molecule has 1 aromatic heterocycles. The highest BCUT2D eigenvalue weighted by Crippen LogP contribution is 2.17. The molecular formula is C13H21N3Si. The molecule has 0 spiro atoms. The summed E-state index contributed by atoms with van der Waals surface area (Å²) in [6.45, 7) is 6.75. The zero-order valence-electron chi connectivity index (χ0n) is 11.1. The van der Waals surface area contributed by atoms with E-state index in [4.69, 9.17) is 0 Å². The monoisotopic (exact) mass is 247 g/mol. The van der Waals surface area contributed by atoms with E-state index < -0.39 is 8.07 Å². The number of aryl methyl sites for hydroxylation is 1. The largest absolute Gasteiger partial charge is 0.174 e. The number of fused-ring (bicyclic) bond motifs is 1. The van der Waals surface area contributed by atoms with E-state index in [2.05, 4.69) is 41.5 Å². The summed E-state index contributed by atoms with van der Waals surface area (Å²) in [5.41, 5.74) is 5.79. The minimum atomic E-state index is -1.33. The Morgan fingerprint density at radius 3 is 2.47 bits per heavy atom. The molecule has 0 bridgehead atoms. The third kappa shape index (κ3) is 3.44. The standard InChI is InChI=1S/C13H21N3Si/c1-17(2,3)11-10-16-13-9-7-5-4-6-8-12(13)14-15-16/h4-9H2,1-3H3. The minimum Gasteiger partial charge on any atom is -0.174 e. The zero-order chi connectivity index (χ0) is 12.3. The summed E-state index contributed by atoms with van der Waals surface area (Å²) in [5.74, 6) is 0. The summed E-state index contributed by atoms with van der Waals surface area (Å²) >= 11 is 0. The zero-order valence-corrected chi connectivity index (χ0v) is 12.1. The van der Waals surface area contributed by atoms with Crippen LogP contribution in [0.4, 0.5) is 0 Å². The van der Waals surface area contributed by atoms with Gasteiger partial charge >= 0.3 is 0 Å². The Morgan fingerprint density at radius 1 is 1.06 bits per heavy atom. The number of nitrogens with zero attached hydrogens (tertiary/aromatic N) is 3. The molecule has 0 saturated heterocycles. The minimum absolute atomic E-state index is 1.07. The van der Waals surface area contributed by atoms with Crippen LogP contribution in [0.3, 0.4) is 0 Å². The van der Waals surface area contributed by atoms with E-state index in [0.29, 0.717) is 0 Å². The van der Waals surface area contributed by atoms with Crippen LogP contribution < -0.4 is 0 Å². The van der Waals surface area contributed by atoms with Crippen LogP contribution in [0.25, 0.3) is 0 Å². The van der Waals surface area contributed by atoms with E-state index in [1.165, 1.54) is 37.1 Å². The van der Waals surface area contributed by atoms with E-state index in [-0.39, 0.29) is 0 Å². The van der Waals surface area contributed by atoms with Gasteiger partial charge in [0.15, 0.2) is 0 Å². The smallest absolute Gasteiger partial charge is 0.131 e. The molecule has 1 aromatic rings. The fourth-order valence-electron chi connectivity index (χ4n) is 2.03. The van der Waals surface area contributed by atoms with E-state index in [9.17, 15) is 0 Å². The SMILES string of the molecule is C[Si](C)(C)C#Cn1nnc2c1CCCCCC2. The lowest BCUT2D eigenvalue weighted by atomic mass is 10.0. The number of hydrogen-bond donors (Lipinski definition) is 0. The van der Waals surface area contributed by atoms with Crippen molar-refractivity contribution in [3.8, 4) is 11.6 Å². The van der Waals surface area contributed by atoms with Gasteiger partial charge < -0.3 is 0 Å². The molecule has 0 unspecified atom stereocenters. The number of hydrogen-bond acceptors (Lipinski definition) is 2. The first kappa shape index (κ1) is 12.4. The fraction of sp³-hybridized carbons (Fsp3) is 0.692. The Labute approximate surface area is 105 Å². The molecule has 2 rings (SSSR count). The molecule has 3 nitrogen and oxygen atoms in total. The quantitative estimate of drug-likeness (QED) is 0.521. The van der Waals surface area contributed by atoms with E-state index in [0.717, 1.165) is 12.8 Å². The van der Waals surface area contributed by atoms with Gasteiger partial charge in [0.1, 0.15) is 8.07 Å². The van der Waals surface area contributed by atoms with Gasteiger partial charge in [0, 0.05) is 6.04 Å². The van der Waals surface area contributed by atoms with Crippen LogP contribution in [0.5, 0.6) is 0 Å². The van der Waals surface area contributed by atoms with Crippen LogP contribution in [0.2, 0.25) is 19.6 Å². The van der Waals surface area contributed by atoms with Crippen molar-refractivity contribution in [2.45, 2.75) is 58.2 Å². The van der Waals surface area contributed by atoms with E-state index in [1.54, 1.807) is 0 Å². The van der Waals surface area contributed by atoms with Gasteiger partial charge in [0.2, 0.25) is 0 Å². The Morgan fingerprint density at radius 2 is 1.76 bits per heavy atom. The van der Waals surface area contributed by atoms with Crippen LogP contribution in [0.15, 0.2) is 0 Å². The first-order valence-electron chi connectivity index (χ1n) is 6.53. The highest BCUT2D eigenvalue weighted by atomic mass is 28.3. The molecule has 17 heavy (non-hydrogen) atoms. The molecular weight excluding hydrogens is 226 g/mol. The maximum absolute atomic E-state index is 4.28. The van der Waals surface area contributed by atoms with Crippen molar-refractivity contribution in [3.05, 3.63) is 11.4 Å². The molecule has 0 saturated carbocycles. The first-order chi connectivity index (χ1) is 8.06. The molecule has 1 aliphatic rings. The lowest BCUT2D eigenvalue weighted by Gasteiger charge is -2.08. The van der Waals surface area contributed by atoms with Crippen molar-refractivity contribution in [2.75, 3.05) is 0 Å².